The molecule has 1 aliphatic heterocycles. The molecule has 4 rings (SSSR count). The van der Waals surface area contributed by atoms with Crippen molar-refractivity contribution in [2.45, 2.75) is 25.7 Å². The molecule has 0 radical (unpaired) electrons. The van der Waals surface area contributed by atoms with E-state index >= 15 is 0 Å². The maximum absolute atomic E-state index is 5.37. The second-order valence-corrected chi connectivity index (χ2v) is 6.91. The lowest BCUT2D eigenvalue weighted by Crippen LogP contribution is -2.21. The van der Waals surface area contributed by atoms with E-state index in [1.54, 1.807) is 25.1 Å². The fraction of sp³-hybridized carbons (Fsp3) is 0.364. The Morgan fingerprint density at radius 1 is 1.00 bits per heavy atom. The van der Waals surface area contributed by atoms with E-state index < -0.39 is 0 Å². The summed E-state index contributed by atoms with van der Waals surface area (Å²) >= 11 is 0. The first-order valence-corrected chi connectivity index (χ1v) is 9.35. The van der Waals surface area contributed by atoms with Crippen LogP contribution < -0.4 is 4.74 Å². The van der Waals surface area contributed by atoms with Gasteiger partial charge in [0.05, 0.1) is 7.11 Å². The molecule has 0 amide bonds. The molecule has 1 aromatic heterocycles. The number of hydrogen-bond donors (Lipinski definition) is 0. The van der Waals surface area contributed by atoms with Gasteiger partial charge in [0.15, 0.2) is 0 Å². The first kappa shape index (κ1) is 17.0. The van der Waals surface area contributed by atoms with Crippen LogP contribution in [0.1, 0.15) is 29.7 Å². The molecule has 0 spiro atoms. The van der Waals surface area contributed by atoms with Gasteiger partial charge < -0.3 is 4.74 Å². The molecule has 1 aromatic carbocycles. The number of aromatic nitrogens is 2. The van der Waals surface area contributed by atoms with Crippen molar-refractivity contribution in [1.29, 1.82) is 0 Å². The Bertz CT molecular complexity index is 833. The van der Waals surface area contributed by atoms with Crippen molar-refractivity contribution in [2.75, 3.05) is 26.7 Å². The minimum atomic E-state index is 0.643. The van der Waals surface area contributed by atoms with Gasteiger partial charge in [0.1, 0.15) is 5.69 Å². The van der Waals surface area contributed by atoms with Crippen molar-refractivity contribution in [3.05, 3.63) is 71.2 Å². The van der Waals surface area contributed by atoms with Gasteiger partial charge in [0.25, 0.3) is 0 Å². The lowest BCUT2D eigenvalue weighted by Gasteiger charge is -2.16. The highest BCUT2D eigenvalue weighted by Gasteiger charge is 2.22. The van der Waals surface area contributed by atoms with Gasteiger partial charge in [-0.2, -0.15) is 0 Å². The Labute approximate surface area is 155 Å². The van der Waals surface area contributed by atoms with Gasteiger partial charge in [-0.25, -0.2) is 4.98 Å². The fourth-order valence-electron chi connectivity index (χ4n) is 3.98. The van der Waals surface area contributed by atoms with Gasteiger partial charge in [0.2, 0.25) is 5.88 Å². The number of fused-ring (bicyclic) bond motifs is 1. The lowest BCUT2D eigenvalue weighted by atomic mass is 9.98. The molecule has 2 aliphatic rings. The first-order valence-electron chi connectivity index (χ1n) is 9.35. The molecule has 0 saturated carbocycles. The molecule has 2 aromatic rings. The third kappa shape index (κ3) is 3.56. The van der Waals surface area contributed by atoms with E-state index in [1.807, 2.05) is 0 Å². The molecule has 0 saturated heterocycles. The fourth-order valence-corrected chi connectivity index (χ4v) is 3.98. The highest BCUT2D eigenvalue weighted by Crippen LogP contribution is 2.37. The first-order chi connectivity index (χ1) is 12.8. The minimum absolute atomic E-state index is 0.643. The summed E-state index contributed by atoms with van der Waals surface area (Å²) in [6, 6.07) is 8.83. The van der Waals surface area contributed by atoms with E-state index in [9.17, 15) is 0 Å². The van der Waals surface area contributed by atoms with Crippen LogP contribution in [0.2, 0.25) is 0 Å². The van der Waals surface area contributed by atoms with Crippen LogP contribution >= 0.6 is 0 Å². The molecule has 0 unspecified atom stereocenters. The third-order valence-electron chi connectivity index (χ3n) is 5.34. The molecule has 0 N–H and O–H groups in total. The van der Waals surface area contributed by atoms with Gasteiger partial charge in [0, 0.05) is 32.0 Å². The maximum Gasteiger partial charge on any atom is 0.235 e. The molecular formula is C22H25N3O. The average molecular weight is 347 g/mol. The van der Waals surface area contributed by atoms with Crippen LogP contribution in [0.4, 0.5) is 0 Å². The Hall–Kier alpha value is -2.46. The molecular weight excluding hydrogens is 322 g/mol. The summed E-state index contributed by atoms with van der Waals surface area (Å²) in [5.74, 6) is 0.643. The van der Waals surface area contributed by atoms with E-state index in [0.717, 1.165) is 51.0 Å². The quantitative estimate of drug-likeness (QED) is 0.716. The van der Waals surface area contributed by atoms with Gasteiger partial charge >= 0.3 is 0 Å². The second kappa shape index (κ2) is 7.83. The Morgan fingerprint density at radius 2 is 1.81 bits per heavy atom. The van der Waals surface area contributed by atoms with Crippen molar-refractivity contribution in [2.24, 2.45) is 0 Å². The molecule has 0 bridgehead atoms. The number of benzene rings is 1. The van der Waals surface area contributed by atoms with Crippen molar-refractivity contribution in [3.63, 3.8) is 0 Å². The zero-order valence-electron chi connectivity index (χ0n) is 15.3. The highest BCUT2D eigenvalue weighted by molar-refractivity contribution is 5.76. The topological polar surface area (TPSA) is 38.3 Å². The summed E-state index contributed by atoms with van der Waals surface area (Å²) in [4.78, 5) is 11.3. The predicted molar refractivity (Wildman–Crippen MR) is 104 cm³/mol. The summed E-state index contributed by atoms with van der Waals surface area (Å²) < 4.78 is 5.37. The van der Waals surface area contributed by atoms with Crippen LogP contribution in [0, 0.1) is 0 Å². The molecule has 26 heavy (non-hydrogen) atoms. The molecule has 4 heteroatoms. The maximum atomic E-state index is 5.37. The predicted octanol–water partition coefficient (Wildman–Crippen LogP) is 3.69. The molecule has 0 fully saturated rings. The zero-order chi connectivity index (χ0) is 17.8. The Kier molecular flexibility index (Phi) is 5.12. The number of hydrogen-bond acceptors (Lipinski definition) is 4. The van der Waals surface area contributed by atoms with Gasteiger partial charge in [-0.15, -0.1) is 0 Å². The van der Waals surface area contributed by atoms with Gasteiger partial charge in [-0.3, -0.25) is 9.88 Å². The number of methoxy groups -OCH3 is 1. The number of ether oxygens (including phenoxy) is 1. The smallest absolute Gasteiger partial charge is 0.235 e. The van der Waals surface area contributed by atoms with Crippen LogP contribution in [0.3, 0.4) is 0 Å². The monoisotopic (exact) mass is 347 g/mol. The van der Waals surface area contributed by atoms with Gasteiger partial charge in [-0.1, -0.05) is 42.0 Å². The SMILES string of the molecule is COc1nccnc1CCC1=C(CCN2CC=CC2)Cc2ccccc21. The normalized spacial score (nSPS) is 16.3. The molecule has 2 heterocycles. The zero-order valence-corrected chi connectivity index (χ0v) is 15.3. The van der Waals surface area contributed by atoms with E-state index in [2.05, 4.69) is 51.3 Å². The van der Waals surface area contributed by atoms with Crippen LogP contribution in [0.5, 0.6) is 5.88 Å². The number of allylic oxidation sites excluding steroid dienone is 1. The second-order valence-electron chi connectivity index (χ2n) is 6.91. The van der Waals surface area contributed by atoms with Crippen LogP contribution in [-0.2, 0) is 12.8 Å². The van der Waals surface area contributed by atoms with E-state index in [0.29, 0.717) is 5.88 Å². The minimum Gasteiger partial charge on any atom is -0.480 e. The number of nitrogens with zero attached hydrogens (tertiary/aromatic N) is 3. The standard InChI is InChI=1S/C22H25N3O/c1-26-22-21(23-11-12-24-22)9-8-20-18(10-15-25-13-4-5-14-25)16-17-6-2-3-7-19(17)20/h2-7,11-12H,8-10,13-16H2,1H3. The van der Waals surface area contributed by atoms with Crippen LogP contribution in [0.15, 0.2) is 54.4 Å². The number of rotatable bonds is 7. The van der Waals surface area contributed by atoms with Crippen LogP contribution in [-0.4, -0.2) is 41.6 Å². The summed E-state index contributed by atoms with van der Waals surface area (Å²) in [6.45, 7) is 3.31. The Balaban J connectivity index is 1.52. The summed E-state index contributed by atoms with van der Waals surface area (Å²) in [7, 11) is 1.66. The average Bonchev–Trinajstić information content (AvgIpc) is 3.32. The lowest BCUT2D eigenvalue weighted by molar-refractivity contribution is 0.356. The summed E-state index contributed by atoms with van der Waals surface area (Å²) in [5, 5.41) is 0. The van der Waals surface area contributed by atoms with Crippen molar-refractivity contribution in [3.8, 4) is 5.88 Å². The number of aryl methyl sites for hydroxylation is 1. The molecule has 134 valence electrons. The van der Waals surface area contributed by atoms with E-state index in [1.165, 1.54) is 16.7 Å². The van der Waals surface area contributed by atoms with Crippen LogP contribution in [0.25, 0.3) is 5.57 Å². The molecule has 0 atom stereocenters. The molecule has 1 aliphatic carbocycles. The largest absolute Gasteiger partial charge is 0.480 e. The van der Waals surface area contributed by atoms with Crippen molar-refractivity contribution < 1.29 is 4.74 Å². The van der Waals surface area contributed by atoms with Gasteiger partial charge in [-0.05, 0) is 42.4 Å². The summed E-state index contributed by atoms with van der Waals surface area (Å²) in [5.41, 5.74) is 6.91. The van der Waals surface area contributed by atoms with E-state index in [-0.39, 0.29) is 0 Å². The summed E-state index contributed by atoms with van der Waals surface area (Å²) in [6.07, 6.45) is 12.0. The third-order valence-corrected chi connectivity index (χ3v) is 5.34. The highest BCUT2D eigenvalue weighted by atomic mass is 16.5. The molecule has 4 nitrogen and oxygen atoms in total. The van der Waals surface area contributed by atoms with Crippen molar-refractivity contribution >= 4 is 5.57 Å². The van der Waals surface area contributed by atoms with E-state index in [4.69, 9.17) is 4.74 Å². The Morgan fingerprint density at radius 3 is 2.65 bits per heavy atom. The van der Waals surface area contributed by atoms with Crippen molar-refractivity contribution in [1.82, 2.24) is 14.9 Å².